The van der Waals surface area contributed by atoms with E-state index >= 15 is 0 Å². The molecule has 27 heavy (non-hydrogen) atoms. The Hall–Kier alpha value is -3.11. The number of aromatic nitrogens is 3. The quantitative estimate of drug-likeness (QED) is 0.524. The normalized spacial score (nSPS) is 13.7. The van der Waals surface area contributed by atoms with Gasteiger partial charge in [-0.1, -0.05) is 0 Å². The fourth-order valence-electron chi connectivity index (χ4n) is 2.98. The molecule has 0 bridgehead atoms. The SMILES string of the molecule is CNCN1C(=O)CSc2ccc(Nc3c(C(N)=O)nnc4[nH]ccc34)cc21. The molecule has 4 rings (SSSR count). The van der Waals surface area contributed by atoms with Crippen molar-refractivity contribution in [2.24, 2.45) is 5.73 Å². The molecule has 1 aliphatic rings. The van der Waals surface area contributed by atoms with E-state index in [9.17, 15) is 9.59 Å². The molecule has 3 aromatic rings. The Balaban J connectivity index is 1.77. The number of amides is 2. The predicted molar refractivity (Wildman–Crippen MR) is 104 cm³/mol. The van der Waals surface area contributed by atoms with Crippen LogP contribution in [0.5, 0.6) is 0 Å². The Kier molecular flexibility index (Phi) is 4.42. The topological polar surface area (TPSA) is 129 Å². The van der Waals surface area contributed by atoms with Gasteiger partial charge < -0.3 is 21.4 Å². The van der Waals surface area contributed by atoms with Gasteiger partial charge in [-0.05, 0) is 31.3 Å². The summed E-state index contributed by atoms with van der Waals surface area (Å²) in [6, 6.07) is 7.51. The number of anilines is 3. The molecule has 0 unspecified atom stereocenters. The minimum atomic E-state index is -0.673. The van der Waals surface area contributed by atoms with Crippen molar-refractivity contribution in [2.75, 3.05) is 29.7 Å². The predicted octanol–water partition coefficient (Wildman–Crippen LogP) is 1.42. The van der Waals surface area contributed by atoms with E-state index < -0.39 is 5.91 Å². The first-order valence-corrected chi connectivity index (χ1v) is 9.19. The highest BCUT2D eigenvalue weighted by Crippen LogP contribution is 2.38. The number of benzene rings is 1. The maximum atomic E-state index is 12.3. The number of thioether (sulfide) groups is 1. The number of primary amides is 1. The largest absolute Gasteiger partial charge is 0.364 e. The average molecular weight is 383 g/mol. The highest BCUT2D eigenvalue weighted by Gasteiger charge is 2.25. The maximum Gasteiger partial charge on any atom is 0.271 e. The summed E-state index contributed by atoms with van der Waals surface area (Å²) >= 11 is 1.51. The Morgan fingerprint density at radius 2 is 2.22 bits per heavy atom. The molecule has 2 aromatic heterocycles. The van der Waals surface area contributed by atoms with E-state index in [0.717, 1.165) is 10.6 Å². The third-order valence-electron chi connectivity index (χ3n) is 4.20. The lowest BCUT2D eigenvalue weighted by Gasteiger charge is -2.29. The molecule has 3 heterocycles. The minimum Gasteiger partial charge on any atom is -0.364 e. The minimum absolute atomic E-state index is 0.0374. The number of nitrogens with one attached hydrogen (secondary N) is 3. The second-order valence-corrected chi connectivity index (χ2v) is 6.97. The molecule has 5 N–H and O–H groups in total. The van der Waals surface area contributed by atoms with Gasteiger partial charge in [0.1, 0.15) is 0 Å². The lowest BCUT2D eigenvalue weighted by Crippen LogP contribution is -2.40. The van der Waals surface area contributed by atoms with Crippen LogP contribution in [0.15, 0.2) is 35.4 Å². The number of fused-ring (bicyclic) bond motifs is 2. The van der Waals surface area contributed by atoms with Crippen LogP contribution in [0.1, 0.15) is 10.5 Å². The van der Waals surface area contributed by atoms with Gasteiger partial charge in [-0.3, -0.25) is 14.5 Å². The number of aromatic amines is 1. The van der Waals surface area contributed by atoms with Gasteiger partial charge in [0, 0.05) is 22.2 Å². The van der Waals surface area contributed by atoms with Crippen LogP contribution in [0.25, 0.3) is 11.0 Å². The summed E-state index contributed by atoms with van der Waals surface area (Å²) in [7, 11) is 1.79. The Morgan fingerprint density at radius 3 is 3.00 bits per heavy atom. The van der Waals surface area contributed by atoms with Crippen LogP contribution in [0, 0.1) is 0 Å². The van der Waals surface area contributed by atoms with Crippen LogP contribution in [0.3, 0.4) is 0 Å². The molecular weight excluding hydrogens is 366 g/mol. The van der Waals surface area contributed by atoms with E-state index in [1.165, 1.54) is 11.8 Å². The van der Waals surface area contributed by atoms with Crippen molar-refractivity contribution < 1.29 is 9.59 Å². The summed E-state index contributed by atoms with van der Waals surface area (Å²) < 4.78 is 0. The molecule has 0 fully saturated rings. The molecular formula is C17H17N7O2S. The number of hydrogen-bond acceptors (Lipinski definition) is 7. The number of carbonyl (C=O) groups is 2. The lowest BCUT2D eigenvalue weighted by molar-refractivity contribution is -0.116. The van der Waals surface area contributed by atoms with Crippen LogP contribution in [0.4, 0.5) is 17.1 Å². The molecule has 0 atom stereocenters. The van der Waals surface area contributed by atoms with E-state index in [0.29, 0.717) is 34.8 Å². The van der Waals surface area contributed by atoms with Crippen molar-refractivity contribution in [1.29, 1.82) is 0 Å². The Morgan fingerprint density at radius 1 is 1.37 bits per heavy atom. The van der Waals surface area contributed by atoms with Gasteiger partial charge in [-0.25, -0.2) is 0 Å². The van der Waals surface area contributed by atoms with Crippen molar-refractivity contribution in [1.82, 2.24) is 20.5 Å². The number of hydrogen-bond donors (Lipinski definition) is 4. The highest BCUT2D eigenvalue weighted by atomic mass is 32.2. The van der Waals surface area contributed by atoms with Gasteiger partial charge in [0.15, 0.2) is 11.3 Å². The van der Waals surface area contributed by atoms with Crippen LogP contribution in [0.2, 0.25) is 0 Å². The lowest BCUT2D eigenvalue weighted by atomic mass is 10.2. The number of rotatable bonds is 5. The van der Waals surface area contributed by atoms with Crippen molar-refractivity contribution in [2.45, 2.75) is 4.90 Å². The van der Waals surface area contributed by atoms with Gasteiger partial charge in [-0.15, -0.1) is 22.0 Å². The highest BCUT2D eigenvalue weighted by molar-refractivity contribution is 8.00. The zero-order valence-electron chi connectivity index (χ0n) is 14.4. The van der Waals surface area contributed by atoms with E-state index in [1.807, 2.05) is 18.2 Å². The first-order valence-electron chi connectivity index (χ1n) is 8.21. The molecule has 2 amide bonds. The Labute approximate surface area is 158 Å². The summed E-state index contributed by atoms with van der Waals surface area (Å²) in [6.45, 7) is 0.418. The molecule has 9 nitrogen and oxygen atoms in total. The fourth-order valence-corrected chi connectivity index (χ4v) is 3.89. The van der Waals surface area contributed by atoms with Crippen molar-refractivity contribution in [3.05, 3.63) is 36.2 Å². The van der Waals surface area contributed by atoms with Gasteiger partial charge in [0.05, 0.1) is 23.8 Å². The molecule has 1 aliphatic heterocycles. The van der Waals surface area contributed by atoms with Gasteiger partial charge in [-0.2, -0.15) is 0 Å². The van der Waals surface area contributed by atoms with Crippen LogP contribution >= 0.6 is 11.8 Å². The summed E-state index contributed by atoms with van der Waals surface area (Å²) in [6.07, 6.45) is 1.71. The molecule has 138 valence electrons. The second kappa shape index (κ2) is 6.89. The van der Waals surface area contributed by atoms with E-state index in [-0.39, 0.29) is 11.6 Å². The molecule has 0 spiro atoms. The summed E-state index contributed by atoms with van der Waals surface area (Å²) in [5.74, 6) is -0.227. The molecule has 0 saturated carbocycles. The summed E-state index contributed by atoms with van der Waals surface area (Å²) in [5, 5.41) is 14.8. The van der Waals surface area contributed by atoms with Crippen LogP contribution in [-0.2, 0) is 4.79 Å². The van der Waals surface area contributed by atoms with Crippen molar-refractivity contribution >= 4 is 51.7 Å². The summed E-state index contributed by atoms with van der Waals surface area (Å²) in [5.41, 5.74) is 8.06. The van der Waals surface area contributed by atoms with Gasteiger partial charge in [0.2, 0.25) is 5.91 Å². The van der Waals surface area contributed by atoms with Gasteiger partial charge in [0.25, 0.3) is 5.91 Å². The van der Waals surface area contributed by atoms with E-state index in [1.54, 1.807) is 24.2 Å². The van der Waals surface area contributed by atoms with Crippen LogP contribution < -0.4 is 21.3 Å². The Bertz CT molecular complexity index is 1050. The third kappa shape index (κ3) is 3.09. The molecule has 0 aliphatic carbocycles. The number of nitrogens with zero attached hydrogens (tertiary/aromatic N) is 3. The number of nitrogens with two attached hydrogens (primary N) is 1. The third-order valence-corrected chi connectivity index (χ3v) is 5.25. The molecule has 1 aromatic carbocycles. The molecule has 0 radical (unpaired) electrons. The van der Waals surface area contributed by atoms with Crippen LogP contribution in [-0.4, -0.2) is 46.5 Å². The number of H-pyrrole nitrogens is 1. The smallest absolute Gasteiger partial charge is 0.271 e. The number of carbonyl (C=O) groups excluding carboxylic acids is 2. The maximum absolute atomic E-state index is 12.3. The molecule has 10 heteroatoms. The standard InChI is InChI=1S/C17H17N7O2S/c1-19-8-24-11-6-9(2-3-12(11)27-7-13(24)25)21-14-10-4-5-20-17(10)23-22-15(14)16(18)26/h2-6,19H,7-8H2,1H3,(H2,18,26)(H2,20,21,23). The second-order valence-electron chi connectivity index (χ2n) is 5.96. The van der Waals surface area contributed by atoms with E-state index in [2.05, 4.69) is 25.8 Å². The van der Waals surface area contributed by atoms with Gasteiger partial charge >= 0.3 is 0 Å². The zero-order valence-corrected chi connectivity index (χ0v) is 15.3. The van der Waals surface area contributed by atoms with E-state index in [4.69, 9.17) is 5.73 Å². The zero-order chi connectivity index (χ0) is 19.0. The van der Waals surface area contributed by atoms with Crippen molar-refractivity contribution in [3.63, 3.8) is 0 Å². The first-order chi connectivity index (χ1) is 13.1. The summed E-state index contributed by atoms with van der Waals surface area (Å²) in [4.78, 5) is 29.7. The van der Waals surface area contributed by atoms with Crippen molar-refractivity contribution in [3.8, 4) is 0 Å². The fraction of sp³-hybridized carbons (Fsp3) is 0.176. The molecule has 0 saturated heterocycles. The average Bonchev–Trinajstić information content (AvgIpc) is 3.13. The first kappa shape index (κ1) is 17.3. The monoisotopic (exact) mass is 383 g/mol.